The van der Waals surface area contributed by atoms with Crippen LogP contribution in [-0.2, 0) is 0 Å². The number of alkyl halides is 3. The Bertz CT molecular complexity index is 1160. The number of halogens is 6. The summed E-state index contributed by atoms with van der Waals surface area (Å²) in [6.07, 6.45) is -5.30. The average molecular weight is 592 g/mol. The van der Waals surface area contributed by atoms with Crippen LogP contribution >= 0.6 is 0 Å². The molecule has 33 heavy (non-hydrogen) atoms. The van der Waals surface area contributed by atoms with Crippen molar-refractivity contribution in [3.05, 3.63) is 82.2 Å². The Morgan fingerprint density at radius 3 is 2.00 bits per heavy atom. The fourth-order valence-electron chi connectivity index (χ4n) is 3.22. The van der Waals surface area contributed by atoms with E-state index in [0.29, 0.717) is 34.4 Å². The number of carbonyl (C=O) groups excluding carboxylic acids is 1. The van der Waals surface area contributed by atoms with Gasteiger partial charge in [0.25, 0.3) is 5.97 Å². The fraction of sp³-hybridized carbons (Fsp3) is 0.174. The normalized spacial score (nSPS) is 11.1. The molecule has 0 aliphatic carbocycles. The van der Waals surface area contributed by atoms with Gasteiger partial charge in [-0.15, -0.1) is 36.9 Å². The Morgan fingerprint density at radius 1 is 0.879 bits per heavy atom. The zero-order valence-electron chi connectivity index (χ0n) is 17.5. The van der Waals surface area contributed by atoms with Crippen LogP contribution in [0.2, 0.25) is 0 Å². The third-order valence-corrected chi connectivity index (χ3v) is 4.46. The standard InChI is InChI=1S/C23H15F6O3.La/c1-11-6-13(3)20(17(24)7-11)14-4-5-16(12(2)8-14)22(30)31-15-9-18(25)21(19(26)10-15)32-23(27,28)29;/h4,6-10H,1-3H3;/q-1;. The van der Waals surface area contributed by atoms with Crippen LogP contribution in [0.3, 0.4) is 0 Å². The molecule has 0 aromatic heterocycles. The maximum absolute atomic E-state index is 14.4. The first-order valence-corrected chi connectivity index (χ1v) is 9.12. The maximum Gasteiger partial charge on any atom is 0.573 e. The first kappa shape index (κ1) is 27.0. The van der Waals surface area contributed by atoms with E-state index in [1.54, 1.807) is 19.9 Å². The molecule has 0 unspecified atom stereocenters. The third-order valence-electron chi connectivity index (χ3n) is 4.46. The third kappa shape index (κ3) is 6.40. The van der Waals surface area contributed by atoms with Gasteiger partial charge in [0.2, 0.25) is 5.75 Å². The van der Waals surface area contributed by atoms with Crippen LogP contribution in [0.15, 0.2) is 36.4 Å². The summed E-state index contributed by atoms with van der Waals surface area (Å²) in [4.78, 5) is 12.4. The maximum atomic E-state index is 14.4. The summed E-state index contributed by atoms with van der Waals surface area (Å²) < 4.78 is 86.9. The van der Waals surface area contributed by atoms with Gasteiger partial charge in [-0.05, 0) is 36.6 Å². The summed E-state index contributed by atoms with van der Waals surface area (Å²) in [6.45, 7) is 5.02. The van der Waals surface area contributed by atoms with Gasteiger partial charge < -0.3 is 14.3 Å². The average Bonchev–Trinajstić information content (AvgIpc) is 2.63. The van der Waals surface area contributed by atoms with Crippen molar-refractivity contribution in [1.29, 1.82) is 0 Å². The zero-order chi connectivity index (χ0) is 23.8. The van der Waals surface area contributed by atoms with Gasteiger partial charge in [-0.2, -0.15) is 0 Å². The molecule has 0 amide bonds. The predicted molar refractivity (Wildman–Crippen MR) is 103 cm³/mol. The minimum absolute atomic E-state index is 0. The van der Waals surface area contributed by atoms with Crippen LogP contribution in [-0.4, -0.2) is 12.3 Å². The van der Waals surface area contributed by atoms with Gasteiger partial charge in [-0.1, -0.05) is 24.1 Å². The Balaban J connectivity index is 0.00000385. The molecule has 3 aromatic carbocycles. The summed E-state index contributed by atoms with van der Waals surface area (Å²) in [5.74, 6) is -7.24. The van der Waals surface area contributed by atoms with Crippen molar-refractivity contribution in [2.75, 3.05) is 0 Å². The molecule has 0 aliphatic heterocycles. The quantitative estimate of drug-likeness (QED) is 0.148. The zero-order valence-corrected chi connectivity index (χ0v) is 21.2. The van der Waals surface area contributed by atoms with Crippen molar-refractivity contribution < 1.29 is 76.2 Å². The predicted octanol–water partition coefficient (Wildman–Crippen LogP) is 6.61. The molecular weight excluding hydrogens is 577 g/mol. The summed E-state index contributed by atoms with van der Waals surface area (Å²) >= 11 is 0. The van der Waals surface area contributed by atoms with E-state index in [9.17, 15) is 31.1 Å². The smallest absolute Gasteiger partial charge is 0.467 e. The van der Waals surface area contributed by atoms with Crippen molar-refractivity contribution in [1.82, 2.24) is 0 Å². The molecule has 0 bridgehead atoms. The van der Waals surface area contributed by atoms with Gasteiger partial charge >= 0.3 is 6.36 Å². The number of carbonyl (C=O) groups is 1. The second-order valence-corrected chi connectivity index (χ2v) is 7.04. The molecule has 171 valence electrons. The number of rotatable bonds is 4. The van der Waals surface area contributed by atoms with E-state index in [1.807, 2.05) is 0 Å². The van der Waals surface area contributed by atoms with Crippen LogP contribution in [0.5, 0.6) is 11.5 Å². The number of hydrogen-bond donors (Lipinski definition) is 0. The Kier molecular flexibility index (Phi) is 8.43. The van der Waals surface area contributed by atoms with Gasteiger partial charge in [0.05, 0.1) is 0 Å². The SMILES string of the molecule is Cc1cc(C)c(-c2c[c-]c(C(=O)Oc3cc(F)c(OC(F)(F)F)c(F)c3)c(C)c2)c(F)c1.[La]. The monoisotopic (exact) mass is 592 g/mol. The minimum atomic E-state index is -5.30. The van der Waals surface area contributed by atoms with E-state index in [4.69, 9.17) is 4.74 Å². The number of hydrogen-bond acceptors (Lipinski definition) is 3. The van der Waals surface area contributed by atoms with Gasteiger partial charge in [0.15, 0.2) is 11.6 Å². The van der Waals surface area contributed by atoms with E-state index in [-0.39, 0.29) is 41.2 Å². The van der Waals surface area contributed by atoms with Crippen LogP contribution in [0, 0.1) is 79.9 Å². The van der Waals surface area contributed by atoms with E-state index < -0.39 is 41.3 Å². The van der Waals surface area contributed by atoms with E-state index in [0.717, 1.165) is 5.56 Å². The molecule has 0 heterocycles. The van der Waals surface area contributed by atoms with Crippen molar-refractivity contribution in [2.45, 2.75) is 27.1 Å². The fourth-order valence-corrected chi connectivity index (χ4v) is 3.22. The Labute approximate surface area is 213 Å². The molecule has 0 N–H and O–H groups in total. The molecule has 0 saturated carbocycles. The van der Waals surface area contributed by atoms with Crippen LogP contribution in [0.25, 0.3) is 11.1 Å². The summed E-state index contributed by atoms with van der Waals surface area (Å²) in [5.41, 5.74) is 2.45. The van der Waals surface area contributed by atoms with E-state index >= 15 is 0 Å². The molecule has 10 heteroatoms. The molecule has 0 aliphatic rings. The summed E-state index contributed by atoms with van der Waals surface area (Å²) in [5, 5.41) is 0. The van der Waals surface area contributed by atoms with E-state index in [2.05, 4.69) is 10.8 Å². The second-order valence-electron chi connectivity index (χ2n) is 7.04. The van der Waals surface area contributed by atoms with Crippen LogP contribution in [0.1, 0.15) is 27.0 Å². The molecule has 1 radical (unpaired) electrons. The molecule has 3 rings (SSSR count). The topological polar surface area (TPSA) is 35.5 Å². The number of esters is 1. The second kappa shape index (κ2) is 10.3. The molecular formula is C23H15F6LaO3-. The van der Waals surface area contributed by atoms with Crippen molar-refractivity contribution >= 4 is 5.97 Å². The minimum Gasteiger partial charge on any atom is -0.467 e. The van der Waals surface area contributed by atoms with Crippen LogP contribution < -0.4 is 9.47 Å². The van der Waals surface area contributed by atoms with Gasteiger partial charge in [0, 0.05) is 47.7 Å². The Hall–Kier alpha value is -2.30. The first-order chi connectivity index (χ1) is 14.9. The molecule has 0 fully saturated rings. The number of aryl methyl sites for hydroxylation is 3. The van der Waals surface area contributed by atoms with Crippen LogP contribution in [0.4, 0.5) is 26.3 Å². The van der Waals surface area contributed by atoms with Gasteiger partial charge in [-0.3, -0.25) is 0 Å². The Morgan fingerprint density at radius 2 is 1.48 bits per heavy atom. The van der Waals surface area contributed by atoms with Crippen molar-refractivity contribution in [3.8, 4) is 22.6 Å². The van der Waals surface area contributed by atoms with Gasteiger partial charge in [0.1, 0.15) is 11.6 Å². The summed E-state index contributed by atoms with van der Waals surface area (Å²) in [6, 6.07) is 9.49. The van der Waals surface area contributed by atoms with Gasteiger partial charge in [-0.25, -0.2) is 13.2 Å². The molecule has 0 atom stereocenters. The van der Waals surface area contributed by atoms with Crippen molar-refractivity contribution in [2.24, 2.45) is 0 Å². The number of benzene rings is 3. The molecule has 3 nitrogen and oxygen atoms in total. The summed E-state index contributed by atoms with van der Waals surface area (Å²) in [7, 11) is 0. The molecule has 3 aromatic rings. The van der Waals surface area contributed by atoms with E-state index in [1.165, 1.54) is 25.1 Å². The number of ether oxygens (including phenoxy) is 2. The molecule has 0 spiro atoms. The first-order valence-electron chi connectivity index (χ1n) is 9.12. The van der Waals surface area contributed by atoms with Crippen molar-refractivity contribution in [3.63, 3.8) is 0 Å². The molecule has 0 saturated heterocycles. The largest absolute Gasteiger partial charge is 0.573 e.